The molecule has 2 N–H and O–H groups in total. The summed E-state index contributed by atoms with van der Waals surface area (Å²) in [5.41, 5.74) is 12.3. The average molecular weight is 440 g/mol. The topological polar surface area (TPSA) is 49.6 Å². The van der Waals surface area contributed by atoms with Crippen molar-refractivity contribution in [2.24, 2.45) is 11.1 Å². The van der Waals surface area contributed by atoms with Crippen LogP contribution in [0.3, 0.4) is 0 Å². The lowest BCUT2D eigenvalue weighted by Crippen LogP contribution is -2.46. The van der Waals surface area contributed by atoms with Gasteiger partial charge < -0.3 is 10.6 Å². The van der Waals surface area contributed by atoms with E-state index in [1.165, 1.54) is 23.3 Å². The first-order valence-electron chi connectivity index (χ1n) is 11.4. The third-order valence-electron chi connectivity index (χ3n) is 7.00. The predicted octanol–water partition coefficient (Wildman–Crippen LogP) is 5.01. The summed E-state index contributed by atoms with van der Waals surface area (Å²) < 4.78 is 0. The molecule has 0 aromatic heterocycles. The highest BCUT2D eigenvalue weighted by atomic mass is 35.5. The van der Waals surface area contributed by atoms with Crippen molar-refractivity contribution in [1.82, 2.24) is 9.80 Å². The van der Waals surface area contributed by atoms with Crippen LogP contribution in [0.2, 0.25) is 5.02 Å². The SMILES string of the molecule is CC1(C)CCC(c2ccc(Cl)cc2)=C(CN2CCN(C3=CC=C(C(N)=O)CC3)CC2)C1. The first-order chi connectivity index (χ1) is 14.8. The summed E-state index contributed by atoms with van der Waals surface area (Å²) in [4.78, 5) is 16.4. The van der Waals surface area contributed by atoms with Crippen LogP contribution in [0, 0.1) is 5.41 Å². The Morgan fingerprint density at radius 1 is 1.03 bits per heavy atom. The smallest absolute Gasteiger partial charge is 0.244 e. The molecule has 1 heterocycles. The molecule has 4 rings (SSSR count). The lowest BCUT2D eigenvalue weighted by molar-refractivity contribution is -0.114. The number of carbonyl (C=O) groups is 1. The van der Waals surface area contributed by atoms with Gasteiger partial charge in [-0.05, 0) is 66.9 Å². The number of hydrogen-bond acceptors (Lipinski definition) is 3. The lowest BCUT2D eigenvalue weighted by Gasteiger charge is -2.40. The van der Waals surface area contributed by atoms with E-state index in [1.54, 1.807) is 5.57 Å². The maximum Gasteiger partial charge on any atom is 0.244 e. The van der Waals surface area contributed by atoms with E-state index < -0.39 is 0 Å². The highest BCUT2D eigenvalue weighted by Crippen LogP contribution is 2.42. The highest BCUT2D eigenvalue weighted by Gasteiger charge is 2.29. The zero-order chi connectivity index (χ0) is 22.0. The third kappa shape index (κ3) is 5.42. The third-order valence-corrected chi connectivity index (χ3v) is 7.25. The number of rotatable bonds is 5. The number of nitrogens with zero attached hydrogens (tertiary/aromatic N) is 2. The molecular formula is C26H34ClN3O. The Hall–Kier alpha value is -2.04. The molecular weight excluding hydrogens is 406 g/mol. The molecule has 1 aliphatic heterocycles. The number of benzene rings is 1. The number of carbonyl (C=O) groups excluding carboxylic acids is 1. The quantitative estimate of drug-likeness (QED) is 0.701. The van der Waals surface area contributed by atoms with Crippen LogP contribution >= 0.6 is 11.6 Å². The maximum atomic E-state index is 11.4. The molecule has 0 unspecified atom stereocenters. The second-order valence-corrected chi connectivity index (χ2v) is 10.3. The molecule has 0 saturated carbocycles. The van der Waals surface area contributed by atoms with Crippen molar-refractivity contribution in [2.45, 2.75) is 46.0 Å². The van der Waals surface area contributed by atoms with Gasteiger partial charge in [-0.15, -0.1) is 0 Å². The molecule has 2 aliphatic carbocycles. The van der Waals surface area contributed by atoms with Crippen molar-refractivity contribution >= 4 is 23.1 Å². The van der Waals surface area contributed by atoms with Crippen LogP contribution in [0.1, 0.15) is 51.5 Å². The molecule has 1 aromatic rings. The molecule has 4 nitrogen and oxygen atoms in total. The van der Waals surface area contributed by atoms with Gasteiger partial charge in [0.25, 0.3) is 0 Å². The lowest BCUT2D eigenvalue weighted by atomic mass is 9.73. The van der Waals surface area contributed by atoms with Crippen molar-refractivity contribution in [2.75, 3.05) is 32.7 Å². The molecule has 0 radical (unpaired) electrons. The first-order valence-corrected chi connectivity index (χ1v) is 11.8. The van der Waals surface area contributed by atoms with Gasteiger partial charge in [-0.2, -0.15) is 0 Å². The summed E-state index contributed by atoms with van der Waals surface area (Å²) in [5, 5.41) is 0.799. The summed E-state index contributed by atoms with van der Waals surface area (Å²) >= 11 is 6.13. The van der Waals surface area contributed by atoms with Crippen LogP contribution in [0.25, 0.3) is 5.57 Å². The van der Waals surface area contributed by atoms with Gasteiger partial charge >= 0.3 is 0 Å². The van der Waals surface area contributed by atoms with Crippen molar-refractivity contribution in [3.63, 3.8) is 0 Å². The Balaban J connectivity index is 1.43. The van der Waals surface area contributed by atoms with Gasteiger partial charge in [-0.3, -0.25) is 9.69 Å². The number of primary amides is 1. The molecule has 0 bridgehead atoms. The van der Waals surface area contributed by atoms with Gasteiger partial charge in [0.2, 0.25) is 5.91 Å². The molecule has 1 amide bonds. The molecule has 1 aromatic carbocycles. The van der Waals surface area contributed by atoms with E-state index in [-0.39, 0.29) is 5.91 Å². The molecule has 31 heavy (non-hydrogen) atoms. The van der Waals surface area contributed by atoms with Gasteiger partial charge in [-0.25, -0.2) is 0 Å². The van der Waals surface area contributed by atoms with E-state index in [9.17, 15) is 4.79 Å². The molecule has 166 valence electrons. The fourth-order valence-corrected chi connectivity index (χ4v) is 5.25. The first kappa shape index (κ1) is 22.2. The van der Waals surface area contributed by atoms with Crippen molar-refractivity contribution < 1.29 is 4.79 Å². The van der Waals surface area contributed by atoms with Crippen LogP contribution in [-0.2, 0) is 4.79 Å². The molecule has 1 fully saturated rings. The maximum absolute atomic E-state index is 11.4. The predicted molar refractivity (Wildman–Crippen MR) is 129 cm³/mol. The van der Waals surface area contributed by atoms with E-state index >= 15 is 0 Å². The van der Waals surface area contributed by atoms with E-state index in [0.29, 0.717) is 5.41 Å². The summed E-state index contributed by atoms with van der Waals surface area (Å²) in [6, 6.07) is 8.38. The minimum absolute atomic E-state index is 0.291. The molecule has 0 spiro atoms. The zero-order valence-corrected chi connectivity index (χ0v) is 19.5. The number of halogens is 1. The Labute approximate surface area is 191 Å². The van der Waals surface area contributed by atoms with Crippen LogP contribution in [0.15, 0.2) is 53.3 Å². The van der Waals surface area contributed by atoms with Crippen molar-refractivity contribution in [3.05, 3.63) is 63.8 Å². The summed E-state index contributed by atoms with van der Waals surface area (Å²) in [6.45, 7) is 10.1. The van der Waals surface area contributed by atoms with E-state index in [2.05, 4.69) is 41.9 Å². The Morgan fingerprint density at radius 2 is 1.74 bits per heavy atom. The van der Waals surface area contributed by atoms with E-state index in [1.807, 2.05) is 18.2 Å². The number of hydrogen-bond donors (Lipinski definition) is 1. The molecule has 1 saturated heterocycles. The van der Waals surface area contributed by atoms with Crippen molar-refractivity contribution in [3.8, 4) is 0 Å². The Morgan fingerprint density at radius 3 is 2.35 bits per heavy atom. The fraction of sp³-hybridized carbons (Fsp3) is 0.500. The van der Waals surface area contributed by atoms with Gasteiger partial charge in [0.15, 0.2) is 0 Å². The Kier molecular flexibility index (Phi) is 6.59. The normalized spacial score (nSPS) is 22.2. The zero-order valence-electron chi connectivity index (χ0n) is 18.8. The van der Waals surface area contributed by atoms with E-state index in [4.69, 9.17) is 17.3 Å². The number of amides is 1. The minimum Gasteiger partial charge on any atom is -0.372 e. The number of piperazine rings is 1. The van der Waals surface area contributed by atoms with Crippen LogP contribution in [-0.4, -0.2) is 48.4 Å². The number of nitrogens with two attached hydrogens (primary N) is 1. The van der Waals surface area contributed by atoms with Gasteiger partial charge in [0.05, 0.1) is 0 Å². The summed E-state index contributed by atoms with van der Waals surface area (Å²) in [7, 11) is 0. The monoisotopic (exact) mass is 439 g/mol. The second kappa shape index (κ2) is 9.22. The molecule has 5 heteroatoms. The second-order valence-electron chi connectivity index (χ2n) is 9.91. The largest absolute Gasteiger partial charge is 0.372 e. The van der Waals surface area contributed by atoms with Gasteiger partial charge in [-0.1, -0.05) is 49.2 Å². The Bertz CT molecular complexity index is 918. The fourth-order valence-electron chi connectivity index (χ4n) is 5.12. The van der Waals surface area contributed by atoms with E-state index in [0.717, 1.165) is 69.0 Å². The van der Waals surface area contributed by atoms with Crippen molar-refractivity contribution in [1.29, 1.82) is 0 Å². The van der Waals surface area contributed by atoms with Gasteiger partial charge in [0.1, 0.15) is 0 Å². The van der Waals surface area contributed by atoms with Crippen LogP contribution in [0.4, 0.5) is 0 Å². The van der Waals surface area contributed by atoms with Crippen LogP contribution in [0.5, 0.6) is 0 Å². The standard InChI is InChI=1S/C26H34ClN3O/c1-26(2)12-11-24(19-3-7-22(27)8-4-19)21(17-26)18-29-13-15-30(16-14-29)23-9-5-20(6-10-23)25(28)31/h3-5,7-9H,6,10-18H2,1-2H3,(H2,28,31). The number of allylic oxidation sites excluding steroid dienone is 4. The van der Waals surface area contributed by atoms with Crippen LogP contribution < -0.4 is 5.73 Å². The molecule has 3 aliphatic rings. The average Bonchev–Trinajstić information content (AvgIpc) is 2.75. The summed E-state index contributed by atoms with van der Waals surface area (Å²) in [5.74, 6) is -0.291. The minimum atomic E-state index is -0.291. The van der Waals surface area contributed by atoms with Gasteiger partial charge in [0, 0.05) is 49.0 Å². The highest BCUT2D eigenvalue weighted by molar-refractivity contribution is 6.30. The molecule has 0 atom stereocenters. The summed E-state index contributed by atoms with van der Waals surface area (Å²) in [6.07, 6.45) is 9.20.